The molecule has 144 valence electrons. The van der Waals surface area contributed by atoms with Crippen LogP contribution in [0.2, 0.25) is 0 Å². The summed E-state index contributed by atoms with van der Waals surface area (Å²) in [5, 5.41) is 13.1. The molecule has 26 heavy (non-hydrogen) atoms. The molecule has 0 amide bonds. The van der Waals surface area contributed by atoms with Crippen LogP contribution in [0.15, 0.2) is 23.2 Å². The number of rotatable bonds is 6. The molecule has 2 fully saturated rings. The third-order valence-electron chi connectivity index (χ3n) is 5.07. The van der Waals surface area contributed by atoms with Crippen LogP contribution in [0, 0.1) is 0 Å². The number of β-amino-alcohol motifs (C(OH)–C–C–N with tert-alkyl or cyclic N) is 1. The normalized spacial score (nSPS) is 21.3. The number of likely N-dealkylation sites (tertiary alicyclic amines) is 1. The predicted molar refractivity (Wildman–Crippen MR) is 103 cm³/mol. The number of aliphatic imine (C=N–C) groups is 1. The Balaban J connectivity index is 1.75. The van der Waals surface area contributed by atoms with E-state index in [9.17, 15) is 5.11 Å². The zero-order valence-corrected chi connectivity index (χ0v) is 15.9. The summed E-state index contributed by atoms with van der Waals surface area (Å²) in [6.07, 6.45) is 5.55. The number of aliphatic hydroxyl groups is 1. The highest BCUT2D eigenvalue weighted by atomic mass is 16.5. The molecule has 3 rings (SSSR count). The van der Waals surface area contributed by atoms with Gasteiger partial charge < -0.3 is 24.8 Å². The summed E-state index contributed by atoms with van der Waals surface area (Å²) in [7, 11) is 1.68. The van der Waals surface area contributed by atoms with E-state index in [0.717, 1.165) is 55.4 Å². The number of nitrogens with one attached hydrogen (secondary N) is 1. The largest absolute Gasteiger partial charge is 0.497 e. The number of ether oxygens (including phenoxy) is 2. The van der Waals surface area contributed by atoms with Crippen molar-refractivity contribution in [2.75, 3.05) is 26.7 Å². The van der Waals surface area contributed by atoms with Crippen molar-refractivity contribution in [2.45, 2.75) is 57.8 Å². The Morgan fingerprint density at radius 1 is 1.31 bits per heavy atom. The van der Waals surface area contributed by atoms with E-state index in [2.05, 4.69) is 17.1 Å². The topological polar surface area (TPSA) is 66.3 Å². The molecule has 1 aromatic carbocycles. The van der Waals surface area contributed by atoms with Crippen LogP contribution in [0.4, 0.5) is 0 Å². The van der Waals surface area contributed by atoms with Crippen LogP contribution in [0.5, 0.6) is 11.5 Å². The van der Waals surface area contributed by atoms with Crippen LogP contribution in [0.1, 0.15) is 44.6 Å². The summed E-state index contributed by atoms with van der Waals surface area (Å²) in [5.74, 6) is 2.53. The van der Waals surface area contributed by atoms with Crippen LogP contribution in [-0.4, -0.2) is 54.9 Å². The maximum Gasteiger partial charge on any atom is 0.194 e. The minimum atomic E-state index is -0.263. The van der Waals surface area contributed by atoms with Gasteiger partial charge in [-0.3, -0.25) is 0 Å². The van der Waals surface area contributed by atoms with Crippen LogP contribution in [0.3, 0.4) is 0 Å². The van der Waals surface area contributed by atoms with E-state index in [1.807, 2.05) is 18.2 Å². The van der Waals surface area contributed by atoms with Crippen molar-refractivity contribution < 1.29 is 14.6 Å². The molecule has 0 unspecified atom stereocenters. The van der Waals surface area contributed by atoms with Crippen LogP contribution in [-0.2, 0) is 6.54 Å². The fourth-order valence-corrected chi connectivity index (χ4v) is 3.61. The van der Waals surface area contributed by atoms with Crippen molar-refractivity contribution in [1.29, 1.82) is 0 Å². The first-order valence-electron chi connectivity index (χ1n) is 9.74. The van der Waals surface area contributed by atoms with E-state index in [1.165, 1.54) is 12.8 Å². The molecular formula is C20H31N3O3. The zero-order valence-electron chi connectivity index (χ0n) is 15.9. The second-order valence-corrected chi connectivity index (χ2v) is 7.06. The molecule has 1 aromatic rings. The lowest BCUT2D eigenvalue weighted by Gasteiger charge is -2.21. The van der Waals surface area contributed by atoms with E-state index >= 15 is 0 Å². The molecule has 6 heteroatoms. The Kier molecular flexibility index (Phi) is 6.61. The summed E-state index contributed by atoms with van der Waals surface area (Å²) in [6, 6.07) is 5.96. The highest BCUT2D eigenvalue weighted by molar-refractivity contribution is 5.80. The van der Waals surface area contributed by atoms with Crippen LogP contribution in [0.25, 0.3) is 0 Å². The number of hydrogen-bond donors (Lipinski definition) is 2. The minimum absolute atomic E-state index is 0.263. The molecule has 0 spiro atoms. The van der Waals surface area contributed by atoms with E-state index in [1.54, 1.807) is 7.11 Å². The van der Waals surface area contributed by atoms with Crippen molar-refractivity contribution >= 4 is 5.96 Å². The lowest BCUT2D eigenvalue weighted by molar-refractivity contribution is 0.187. The maximum atomic E-state index is 9.80. The van der Waals surface area contributed by atoms with E-state index in [-0.39, 0.29) is 6.10 Å². The van der Waals surface area contributed by atoms with E-state index in [4.69, 9.17) is 14.5 Å². The Morgan fingerprint density at radius 2 is 2.12 bits per heavy atom. The Morgan fingerprint density at radius 3 is 2.77 bits per heavy atom. The number of nitrogens with zero attached hydrogens (tertiary/aromatic N) is 2. The molecule has 1 atom stereocenters. The average Bonchev–Trinajstić information content (AvgIpc) is 3.31. The van der Waals surface area contributed by atoms with E-state index in [0.29, 0.717) is 19.2 Å². The first-order chi connectivity index (χ1) is 12.7. The summed E-state index contributed by atoms with van der Waals surface area (Å²) in [4.78, 5) is 6.91. The van der Waals surface area contributed by atoms with Gasteiger partial charge in [-0.15, -0.1) is 0 Å². The number of methoxy groups -OCH3 is 1. The first-order valence-corrected chi connectivity index (χ1v) is 9.74. The SMILES string of the molecule is CCNC(=NCc1ccc(OC)cc1OC1CCCC1)N1CC[C@@H](O)C1. The smallest absolute Gasteiger partial charge is 0.194 e. The monoisotopic (exact) mass is 361 g/mol. The summed E-state index contributed by atoms with van der Waals surface area (Å²) >= 11 is 0. The number of hydrogen-bond acceptors (Lipinski definition) is 4. The average molecular weight is 361 g/mol. The molecule has 1 aliphatic carbocycles. The fourth-order valence-electron chi connectivity index (χ4n) is 3.61. The van der Waals surface area contributed by atoms with Gasteiger partial charge in [-0.2, -0.15) is 0 Å². The fraction of sp³-hybridized carbons (Fsp3) is 0.650. The molecule has 1 heterocycles. The van der Waals surface area contributed by atoms with Crippen LogP contribution >= 0.6 is 0 Å². The Hall–Kier alpha value is -1.95. The highest BCUT2D eigenvalue weighted by Crippen LogP contribution is 2.30. The molecule has 1 saturated heterocycles. The van der Waals surface area contributed by atoms with Gasteiger partial charge in [0, 0.05) is 31.3 Å². The standard InChI is InChI=1S/C20H31N3O3/c1-3-21-20(23-11-10-16(24)14-23)22-13-15-8-9-18(25-2)12-19(15)26-17-6-4-5-7-17/h8-9,12,16-17,24H,3-7,10-11,13-14H2,1-2H3,(H,21,22)/t16-/m1/s1. The summed E-state index contributed by atoms with van der Waals surface area (Å²) in [5.41, 5.74) is 1.06. The van der Waals surface area contributed by atoms with Crippen molar-refractivity contribution in [3.63, 3.8) is 0 Å². The third-order valence-corrected chi connectivity index (χ3v) is 5.07. The van der Waals surface area contributed by atoms with Gasteiger partial charge >= 0.3 is 0 Å². The predicted octanol–water partition coefficient (Wildman–Crippen LogP) is 2.55. The minimum Gasteiger partial charge on any atom is -0.497 e. The molecule has 0 radical (unpaired) electrons. The van der Waals surface area contributed by atoms with Gasteiger partial charge in [0.25, 0.3) is 0 Å². The number of guanidine groups is 1. The Labute approximate surface area is 156 Å². The number of benzene rings is 1. The van der Waals surface area contributed by atoms with Crippen molar-refractivity contribution in [3.05, 3.63) is 23.8 Å². The summed E-state index contributed by atoms with van der Waals surface area (Å²) < 4.78 is 11.6. The molecule has 2 N–H and O–H groups in total. The Bertz CT molecular complexity index is 614. The molecule has 6 nitrogen and oxygen atoms in total. The lowest BCUT2D eigenvalue weighted by Crippen LogP contribution is -2.40. The first kappa shape index (κ1) is 18.8. The third kappa shape index (κ3) is 4.81. The second kappa shape index (κ2) is 9.12. The number of aliphatic hydroxyl groups excluding tert-OH is 1. The van der Waals surface area contributed by atoms with Gasteiger partial charge in [-0.25, -0.2) is 4.99 Å². The van der Waals surface area contributed by atoms with Crippen LogP contribution < -0.4 is 14.8 Å². The molecule has 2 aliphatic rings. The zero-order chi connectivity index (χ0) is 18.4. The van der Waals surface area contributed by atoms with Gasteiger partial charge in [-0.05, 0) is 51.2 Å². The van der Waals surface area contributed by atoms with Gasteiger partial charge in [0.05, 0.1) is 25.9 Å². The molecular weight excluding hydrogens is 330 g/mol. The van der Waals surface area contributed by atoms with Crippen molar-refractivity contribution in [3.8, 4) is 11.5 Å². The van der Waals surface area contributed by atoms with Crippen molar-refractivity contribution in [2.24, 2.45) is 4.99 Å². The molecule has 1 aliphatic heterocycles. The highest BCUT2D eigenvalue weighted by Gasteiger charge is 2.23. The van der Waals surface area contributed by atoms with Gasteiger partial charge in [0.15, 0.2) is 5.96 Å². The molecule has 0 bridgehead atoms. The van der Waals surface area contributed by atoms with E-state index < -0.39 is 0 Å². The second-order valence-electron chi connectivity index (χ2n) is 7.06. The quantitative estimate of drug-likeness (QED) is 0.602. The van der Waals surface area contributed by atoms with Gasteiger partial charge in [0.1, 0.15) is 11.5 Å². The summed E-state index contributed by atoms with van der Waals surface area (Å²) in [6.45, 7) is 4.88. The molecule has 1 saturated carbocycles. The van der Waals surface area contributed by atoms with Gasteiger partial charge in [0.2, 0.25) is 0 Å². The van der Waals surface area contributed by atoms with Crippen molar-refractivity contribution in [1.82, 2.24) is 10.2 Å². The molecule has 0 aromatic heterocycles. The van der Waals surface area contributed by atoms with Gasteiger partial charge in [-0.1, -0.05) is 0 Å². The lowest BCUT2D eigenvalue weighted by atomic mass is 10.2. The maximum absolute atomic E-state index is 9.80.